The lowest BCUT2D eigenvalue weighted by atomic mass is 10.0. The summed E-state index contributed by atoms with van der Waals surface area (Å²) in [6.07, 6.45) is 8.90. The molecule has 0 aromatic carbocycles. The highest BCUT2D eigenvalue weighted by atomic mass is 15.3. The van der Waals surface area contributed by atoms with Crippen LogP contribution in [0.4, 0.5) is 0 Å². The zero-order valence-electron chi connectivity index (χ0n) is 9.81. The monoisotopic (exact) mass is 222 g/mol. The summed E-state index contributed by atoms with van der Waals surface area (Å²) in [6, 6.07) is 2.62. The van der Waals surface area contributed by atoms with Gasteiger partial charge in [-0.25, -0.2) is 0 Å². The molecule has 0 saturated heterocycles. The predicted octanol–water partition coefficient (Wildman–Crippen LogP) is 0.990. The molecule has 2 unspecified atom stereocenters. The van der Waals surface area contributed by atoms with Crippen LogP contribution in [0.15, 0.2) is 18.5 Å². The normalized spacial score (nSPS) is 25.1. The first-order chi connectivity index (χ1) is 7.90. The Balaban J connectivity index is 1.61. The van der Waals surface area contributed by atoms with Gasteiger partial charge < -0.3 is 11.1 Å². The van der Waals surface area contributed by atoms with Crippen LogP contribution in [-0.4, -0.2) is 28.9 Å². The first-order valence-corrected chi connectivity index (χ1v) is 6.31. The second kappa shape index (κ2) is 6.01. The Kier molecular flexibility index (Phi) is 4.36. The number of aromatic nitrogens is 2. The molecule has 1 aromatic heterocycles. The van der Waals surface area contributed by atoms with Gasteiger partial charge in [0.05, 0.1) is 0 Å². The minimum atomic E-state index is 0.655. The number of aryl methyl sites for hydroxylation is 1. The molecule has 1 saturated carbocycles. The van der Waals surface area contributed by atoms with Crippen molar-refractivity contribution >= 4 is 0 Å². The lowest BCUT2D eigenvalue weighted by Gasteiger charge is -2.19. The molecule has 0 radical (unpaired) electrons. The van der Waals surface area contributed by atoms with Crippen LogP contribution < -0.4 is 11.1 Å². The number of rotatable bonds is 6. The fourth-order valence-corrected chi connectivity index (χ4v) is 2.55. The highest BCUT2D eigenvalue weighted by Crippen LogP contribution is 2.24. The molecule has 1 heterocycles. The third kappa shape index (κ3) is 3.06. The summed E-state index contributed by atoms with van der Waals surface area (Å²) in [5.41, 5.74) is 5.75. The Bertz CT molecular complexity index is 283. The molecule has 4 nitrogen and oxygen atoms in total. The minimum absolute atomic E-state index is 0.655. The van der Waals surface area contributed by atoms with Crippen molar-refractivity contribution in [2.24, 2.45) is 11.7 Å². The van der Waals surface area contributed by atoms with Gasteiger partial charge in [0.2, 0.25) is 0 Å². The van der Waals surface area contributed by atoms with Crippen LogP contribution in [-0.2, 0) is 6.54 Å². The average molecular weight is 222 g/mol. The summed E-state index contributed by atoms with van der Waals surface area (Å²) in [7, 11) is 0. The van der Waals surface area contributed by atoms with Crippen molar-refractivity contribution < 1.29 is 0 Å². The first-order valence-electron chi connectivity index (χ1n) is 6.31. The molecule has 0 amide bonds. The summed E-state index contributed by atoms with van der Waals surface area (Å²) in [4.78, 5) is 0. The molecule has 2 rings (SSSR count). The molecule has 1 aliphatic carbocycles. The molecular weight excluding hydrogens is 200 g/mol. The van der Waals surface area contributed by atoms with E-state index in [4.69, 9.17) is 5.73 Å². The van der Waals surface area contributed by atoms with Gasteiger partial charge in [0.1, 0.15) is 0 Å². The van der Waals surface area contributed by atoms with Crippen molar-refractivity contribution in [1.82, 2.24) is 15.1 Å². The Hall–Kier alpha value is -0.870. The maximum atomic E-state index is 5.75. The lowest BCUT2D eigenvalue weighted by Crippen LogP contribution is -2.36. The van der Waals surface area contributed by atoms with Gasteiger partial charge in [-0.1, -0.05) is 6.42 Å². The first kappa shape index (κ1) is 11.6. The molecular formula is C12H22N4. The van der Waals surface area contributed by atoms with Crippen molar-refractivity contribution in [3.05, 3.63) is 18.5 Å². The van der Waals surface area contributed by atoms with E-state index in [1.165, 1.54) is 19.3 Å². The Morgan fingerprint density at radius 2 is 2.38 bits per heavy atom. The van der Waals surface area contributed by atoms with Crippen LogP contribution in [0.5, 0.6) is 0 Å². The summed E-state index contributed by atoms with van der Waals surface area (Å²) in [5, 5.41) is 7.81. The van der Waals surface area contributed by atoms with E-state index in [2.05, 4.69) is 10.4 Å². The quantitative estimate of drug-likeness (QED) is 0.706. The van der Waals surface area contributed by atoms with E-state index >= 15 is 0 Å². The zero-order valence-corrected chi connectivity index (χ0v) is 9.81. The van der Waals surface area contributed by atoms with E-state index in [0.717, 1.165) is 26.1 Å². The van der Waals surface area contributed by atoms with Crippen molar-refractivity contribution in [2.45, 2.75) is 38.3 Å². The van der Waals surface area contributed by atoms with Gasteiger partial charge >= 0.3 is 0 Å². The van der Waals surface area contributed by atoms with Crippen molar-refractivity contribution in [3.8, 4) is 0 Å². The van der Waals surface area contributed by atoms with Crippen LogP contribution in [0.3, 0.4) is 0 Å². The standard InChI is InChI=1S/C12H22N4/c13-10-11-4-1-5-12(11)14-6-2-8-16-9-3-7-15-16/h3,7,9,11-12,14H,1-2,4-6,8,10,13H2. The van der Waals surface area contributed by atoms with E-state index in [9.17, 15) is 0 Å². The molecule has 0 bridgehead atoms. The Labute approximate surface area is 97.2 Å². The van der Waals surface area contributed by atoms with Crippen LogP contribution in [0.1, 0.15) is 25.7 Å². The second-order valence-corrected chi connectivity index (χ2v) is 4.61. The van der Waals surface area contributed by atoms with Crippen LogP contribution in [0, 0.1) is 5.92 Å². The van der Waals surface area contributed by atoms with Gasteiger partial charge in [-0.05, 0) is 44.3 Å². The predicted molar refractivity (Wildman–Crippen MR) is 65.0 cm³/mol. The molecule has 0 spiro atoms. The smallest absolute Gasteiger partial charge is 0.0489 e. The molecule has 1 aromatic rings. The Morgan fingerprint density at radius 3 is 3.12 bits per heavy atom. The van der Waals surface area contributed by atoms with Gasteiger partial charge in [-0.3, -0.25) is 4.68 Å². The fourth-order valence-electron chi connectivity index (χ4n) is 2.55. The molecule has 16 heavy (non-hydrogen) atoms. The van der Waals surface area contributed by atoms with Gasteiger partial charge in [0.25, 0.3) is 0 Å². The Morgan fingerprint density at radius 1 is 1.44 bits per heavy atom. The molecule has 0 aliphatic heterocycles. The molecule has 90 valence electrons. The number of hydrogen-bond acceptors (Lipinski definition) is 3. The van der Waals surface area contributed by atoms with Gasteiger partial charge in [0, 0.05) is 25.0 Å². The third-order valence-electron chi connectivity index (χ3n) is 3.49. The van der Waals surface area contributed by atoms with E-state index in [0.29, 0.717) is 12.0 Å². The number of nitrogens with one attached hydrogen (secondary N) is 1. The van der Waals surface area contributed by atoms with Crippen molar-refractivity contribution in [3.63, 3.8) is 0 Å². The molecule has 3 N–H and O–H groups in total. The topological polar surface area (TPSA) is 55.9 Å². The number of hydrogen-bond donors (Lipinski definition) is 2. The summed E-state index contributed by atoms with van der Waals surface area (Å²) in [6.45, 7) is 2.90. The fraction of sp³-hybridized carbons (Fsp3) is 0.750. The summed E-state index contributed by atoms with van der Waals surface area (Å²) >= 11 is 0. The maximum absolute atomic E-state index is 5.75. The van der Waals surface area contributed by atoms with E-state index in [-0.39, 0.29) is 0 Å². The van der Waals surface area contributed by atoms with E-state index < -0.39 is 0 Å². The van der Waals surface area contributed by atoms with E-state index in [1.807, 2.05) is 23.1 Å². The molecule has 1 fully saturated rings. The van der Waals surface area contributed by atoms with Crippen LogP contribution >= 0.6 is 0 Å². The third-order valence-corrected chi connectivity index (χ3v) is 3.49. The van der Waals surface area contributed by atoms with Gasteiger partial charge in [-0.2, -0.15) is 5.10 Å². The highest BCUT2D eigenvalue weighted by Gasteiger charge is 2.24. The minimum Gasteiger partial charge on any atom is -0.330 e. The maximum Gasteiger partial charge on any atom is 0.0489 e. The number of nitrogens with zero attached hydrogens (tertiary/aromatic N) is 2. The van der Waals surface area contributed by atoms with Crippen molar-refractivity contribution in [2.75, 3.05) is 13.1 Å². The molecule has 4 heteroatoms. The zero-order chi connectivity index (χ0) is 11.2. The second-order valence-electron chi connectivity index (χ2n) is 4.61. The van der Waals surface area contributed by atoms with Crippen LogP contribution in [0.2, 0.25) is 0 Å². The van der Waals surface area contributed by atoms with Crippen LogP contribution in [0.25, 0.3) is 0 Å². The number of nitrogens with two attached hydrogens (primary N) is 1. The van der Waals surface area contributed by atoms with Gasteiger partial charge in [0.15, 0.2) is 0 Å². The molecule has 2 atom stereocenters. The molecule has 1 aliphatic rings. The summed E-state index contributed by atoms with van der Waals surface area (Å²) in [5.74, 6) is 0.699. The highest BCUT2D eigenvalue weighted by molar-refractivity contribution is 4.83. The summed E-state index contributed by atoms with van der Waals surface area (Å²) < 4.78 is 1.98. The SMILES string of the molecule is NCC1CCCC1NCCCn1cccn1. The average Bonchev–Trinajstić information content (AvgIpc) is 2.95. The van der Waals surface area contributed by atoms with Gasteiger partial charge in [-0.15, -0.1) is 0 Å². The lowest BCUT2D eigenvalue weighted by molar-refractivity contribution is 0.397. The van der Waals surface area contributed by atoms with E-state index in [1.54, 1.807) is 0 Å². The largest absolute Gasteiger partial charge is 0.330 e. The van der Waals surface area contributed by atoms with Crippen molar-refractivity contribution in [1.29, 1.82) is 0 Å².